The SMILES string of the molecule is CCn1nnc(CN)c1-c1ccncc1. The molecule has 2 aromatic rings. The second kappa shape index (κ2) is 4.18. The van der Waals surface area contributed by atoms with E-state index in [2.05, 4.69) is 15.3 Å². The molecule has 0 aliphatic rings. The molecule has 0 spiro atoms. The predicted octanol–water partition coefficient (Wildman–Crippen LogP) is 0.819. The minimum absolute atomic E-state index is 0.400. The maximum atomic E-state index is 5.62. The number of pyridine rings is 1. The van der Waals surface area contributed by atoms with Gasteiger partial charge >= 0.3 is 0 Å². The quantitative estimate of drug-likeness (QED) is 0.801. The second-order valence-electron chi connectivity index (χ2n) is 3.14. The molecule has 0 amide bonds. The smallest absolute Gasteiger partial charge is 0.104 e. The van der Waals surface area contributed by atoms with Gasteiger partial charge in [0.25, 0.3) is 0 Å². The van der Waals surface area contributed by atoms with Gasteiger partial charge < -0.3 is 5.73 Å². The number of nitrogens with two attached hydrogens (primary N) is 1. The lowest BCUT2D eigenvalue weighted by Crippen LogP contribution is -2.02. The largest absolute Gasteiger partial charge is 0.325 e. The van der Waals surface area contributed by atoms with Crippen LogP contribution in [0.2, 0.25) is 0 Å². The van der Waals surface area contributed by atoms with Gasteiger partial charge in [-0.3, -0.25) is 4.98 Å². The highest BCUT2D eigenvalue weighted by molar-refractivity contribution is 5.61. The van der Waals surface area contributed by atoms with Gasteiger partial charge in [0.15, 0.2) is 0 Å². The fourth-order valence-electron chi connectivity index (χ4n) is 1.53. The van der Waals surface area contributed by atoms with Crippen LogP contribution in [-0.2, 0) is 13.1 Å². The zero-order chi connectivity index (χ0) is 10.7. The third-order valence-electron chi connectivity index (χ3n) is 2.25. The molecule has 2 N–H and O–H groups in total. The molecule has 5 heteroatoms. The standard InChI is InChI=1S/C10H13N5/c1-2-15-10(9(7-11)13-14-15)8-3-5-12-6-4-8/h3-6H,2,7,11H2,1H3. The van der Waals surface area contributed by atoms with Gasteiger partial charge in [-0.1, -0.05) is 5.21 Å². The number of hydrogen-bond acceptors (Lipinski definition) is 4. The molecule has 0 aliphatic heterocycles. The van der Waals surface area contributed by atoms with E-state index in [4.69, 9.17) is 5.73 Å². The molecule has 0 fully saturated rings. The molecule has 5 nitrogen and oxygen atoms in total. The van der Waals surface area contributed by atoms with E-state index in [0.29, 0.717) is 6.54 Å². The van der Waals surface area contributed by atoms with Gasteiger partial charge in [0.2, 0.25) is 0 Å². The van der Waals surface area contributed by atoms with Crippen LogP contribution in [-0.4, -0.2) is 20.0 Å². The van der Waals surface area contributed by atoms with Gasteiger partial charge in [-0.25, -0.2) is 4.68 Å². The Morgan fingerprint density at radius 3 is 2.67 bits per heavy atom. The van der Waals surface area contributed by atoms with Crippen LogP contribution in [0.15, 0.2) is 24.5 Å². The molecule has 0 aliphatic carbocycles. The fraction of sp³-hybridized carbons (Fsp3) is 0.300. The van der Waals surface area contributed by atoms with Gasteiger partial charge in [0.05, 0.1) is 5.69 Å². The first-order valence-electron chi connectivity index (χ1n) is 4.89. The summed E-state index contributed by atoms with van der Waals surface area (Å²) in [7, 11) is 0. The lowest BCUT2D eigenvalue weighted by molar-refractivity contribution is 0.632. The Morgan fingerprint density at radius 1 is 1.33 bits per heavy atom. The van der Waals surface area contributed by atoms with Crippen LogP contribution < -0.4 is 5.73 Å². The minimum Gasteiger partial charge on any atom is -0.325 e. The Kier molecular flexibility index (Phi) is 2.73. The van der Waals surface area contributed by atoms with Crippen molar-refractivity contribution in [2.75, 3.05) is 0 Å². The fourth-order valence-corrected chi connectivity index (χ4v) is 1.53. The van der Waals surface area contributed by atoms with Crippen molar-refractivity contribution in [2.24, 2.45) is 5.73 Å². The third-order valence-corrected chi connectivity index (χ3v) is 2.25. The van der Waals surface area contributed by atoms with E-state index < -0.39 is 0 Å². The number of aromatic nitrogens is 4. The number of rotatable bonds is 3. The molecule has 0 saturated heterocycles. The zero-order valence-electron chi connectivity index (χ0n) is 8.59. The van der Waals surface area contributed by atoms with Crippen LogP contribution in [0.25, 0.3) is 11.3 Å². The van der Waals surface area contributed by atoms with Crippen molar-refractivity contribution >= 4 is 0 Å². The van der Waals surface area contributed by atoms with E-state index in [0.717, 1.165) is 23.5 Å². The molecule has 0 bridgehead atoms. The van der Waals surface area contributed by atoms with Crippen LogP contribution in [0.4, 0.5) is 0 Å². The highest BCUT2D eigenvalue weighted by atomic mass is 15.4. The van der Waals surface area contributed by atoms with Crippen LogP contribution in [0.3, 0.4) is 0 Å². The Bertz CT molecular complexity index is 413. The van der Waals surface area contributed by atoms with Gasteiger partial charge in [0.1, 0.15) is 5.69 Å². The minimum atomic E-state index is 0.400. The van der Waals surface area contributed by atoms with Crippen LogP contribution in [0, 0.1) is 0 Å². The van der Waals surface area contributed by atoms with Crippen LogP contribution >= 0.6 is 0 Å². The Hall–Kier alpha value is -1.75. The highest BCUT2D eigenvalue weighted by Crippen LogP contribution is 2.20. The van der Waals surface area contributed by atoms with Crippen molar-refractivity contribution in [2.45, 2.75) is 20.0 Å². The average Bonchev–Trinajstić information content (AvgIpc) is 2.72. The van der Waals surface area contributed by atoms with Crippen molar-refractivity contribution in [1.29, 1.82) is 0 Å². The lowest BCUT2D eigenvalue weighted by Gasteiger charge is -2.04. The molecule has 0 aromatic carbocycles. The van der Waals surface area contributed by atoms with Crippen molar-refractivity contribution < 1.29 is 0 Å². The van der Waals surface area contributed by atoms with Crippen molar-refractivity contribution in [3.8, 4) is 11.3 Å². The topological polar surface area (TPSA) is 69.6 Å². The summed E-state index contributed by atoms with van der Waals surface area (Å²) in [5, 5.41) is 8.10. The number of hydrogen-bond donors (Lipinski definition) is 1. The molecule has 2 aromatic heterocycles. The first-order valence-corrected chi connectivity index (χ1v) is 4.89. The first kappa shape index (κ1) is 9.79. The maximum Gasteiger partial charge on any atom is 0.104 e. The summed E-state index contributed by atoms with van der Waals surface area (Å²) in [4.78, 5) is 3.98. The number of aryl methyl sites for hydroxylation is 1. The van der Waals surface area contributed by atoms with E-state index in [1.165, 1.54) is 0 Å². The molecule has 0 atom stereocenters. The summed E-state index contributed by atoms with van der Waals surface area (Å²) in [6.07, 6.45) is 3.51. The summed E-state index contributed by atoms with van der Waals surface area (Å²) in [6, 6.07) is 3.87. The van der Waals surface area contributed by atoms with Crippen molar-refractivity contribution in [3.63, 3.8) is 0 Å². The lowest BCUT2D eigenvalue weighted by atomic mass is 10.1. The molecule has 78 valence electrons. The molecule has 0 saturated carbocycles. The number of nitrogens with zero attached hydrogens (tertiary/aromatic N) is 4. The van der Waals surface area contributed by atoms with Gasteiger partial charge in [-0.05, 0) is 19.1 Å². The Labute approximate surface area is 87.9 Å². The third kappa shape index (κ3) is 1.73. The monoisotopic (exact) mass is 203 g/mol. The summed E-state index contributed by atoms with van der Waals surface area (Å²) in [5.41, 5.74) is 8.49. The molecule has 15 heavy (non-hydrogen) atoms. The summed E-state index contributed by atoms with van der Waals surface area (Å²) in [5.74, 6) is 0. The Morgan fingerprint density at radius 2 is 2.07 bits per heavy atom. The molecular weight excluding hydrogens is 190 g/mol. The molecule has 0 radical (unpaired) electrons. The molecule has 2 rings (SSSR count). The van der Waals surface area contributed by atoms with E-state index in [-0.39, 0.29) is 0 Å². The predicted molar refractivity (Wildman–Crippen MR) is 56.8 cm³/mol. The van der Waals surface area contributed by atoms with Crippen LogP contribution in [0.1, 0.15) is 12.6 Å². The summed E-state index contributed by atoms with van der Waals surface area (Å²) in [6.45, 7) is 3.21. The van der Waals surface area contributed by atoms with E-state index in [1.54, 1.807) is 12.4 Å². The summed E-state index contributed by atoms with van der Waals surface area (Å²) >= 11 is 0. The van der Waals surface area contributed by atoms with Gasteiger partial charge in [-0.2, -0.15) is 0 Å². The molecule has 0 unspecified atom stereocenters. The van der Waals surface area contributed by atoms with Gasteiger partial charge in [-0.15, -0.1) is 5.10 Å². The Balaban J connectivity index is 2.55. The van der Waals surface area contributed by atoms with Gasteiger partial charge in [0, 0.05) is 31.0 Å². The molecular formula is C10H13N5. The normalized spacial score (nSPS) is 10.5. The van der Waals surface area contributed by atoms with E-state index >= 15 is 0 Å². The maximum absolute atomic E-state index is 5.62. The average molecular weight is 203 g/mol. The second-order valence-corrected chi connectivity index (χ2v) is 3.14. The van der Waals surface area contributed by atoms with Crippen molar-refractivity contribution in [3.05, 3.63) is 30.2 Å². The van der Waals surface area contributed by atoms with Crippen LogP contribution in [0.5, 0.6) is 0 Å². The summed E-state index contributed by atoms with van der Waals surface area (Å²) < 4.78 is 1.84. The zero-order valence-corrected chi connectivity index (χ0v) is 8.59. The van der Waals surface area contributed by atoms with E-state index in [1.807, 2.05) is 23.7 Å². The molecule has 2 heterocycles. The van der Waals surface area contributed by atoms with E-state index in [9.17, 15) is 0 Å². The highest BCUT2D eigenvalue weighted by Gasteiger charge is 2.11. The first-order chi connectivity index (χ1) is 7.36. The van der Waals surface area contributed by atoms with Crippen molar-refractivity contribution in [1.82, 2.24) is 20.0 Å².